The van der Waals surface area contributed by atoms with Gasteiger partial charge < -0.3 is 10.2 Å². The van der Waals surface area contributed by atoms with Gasteiger partial charge in [0.2, 0.25) is 5.91 Å². The third-order valence-electron chi connectivity index (χ3n) is 5.71. The molecule has 6 heteroatoms. The van der Waals surface area contributed by atoms with Gasteiger partial charge in [-0.3, -0.25) is 9.78 Å². The topological polar surface area (TPSA) is 69.0 Å². The average molecular weight is 402 g/mol. The van der Waals surface area contributed by atoms with Crippen LogP contribution in [0.15, 0.2) is 48.7 Å². The van der Waals surface area contributed by atoms with Crippen LogP contribution in [-0.4, -0.2) is 24.0 Å². The summed E-state index contributed by atoms with van der Waals surface area (Å²) in [7, 11) is 0. The minimum Gasteiger partial charge on any atom is -0.370 e. The van der Waals surface area contributed by atoms with Crippen LogP contribution >= 0.6 is 0 Å². The number of nitrogens with zero attached hydrogens (tertiary/aromatic N) is 3. The number of nitrogens with one attached hydrogen (secondary N) is 1. The number of hydrogen-bond acceptors (Lipinski definition) is 4. The van der Waals surface area contributed by atoms with Gasteiger partial charge in [0.25, 0.3) is 0 Å². The molecule has 0 saturated carbocycles. The van der Waals surface area contributed by atoms with Gasteiger partial charge in [-0.05, 0) is 55.2 Å². The van der Waals surface area contributed by atoms with Crippen molar-refractivity contribution in [2.45, 2.75) is 26.2 Å². The van der Waals surface area contributed by atoms with E-state index < -0.39 is 0 Å². The molecule has 0 aliphatic carbocycles. The number of aromatic nitrogens is 1. The Hall–Kier alpha value is -3.46. The number of pyridine rings is 1. The Morgan fingerprint density at radius 3 is 2.77 bits per heavy atom. The molecular formula is C24H23FN4O. The Kier molecular flexibility index (Phi) is 5.62. The Morgan fingerprint density at radius 2 is 2.07 bits per heavy atom. The summed E-state index contributed by atoms with van der Waals surface area (Å²) in [5.74, 6) is -0.606. The average Bonchev–Trinajstić information content (AvgIpc) is 2.78. The molecule has 1 aliphatic heterocycles. The first kappa shape index (κ1) is 19.8. The van der Waals surface area contributed by atoms with Crippen LogP contribution in [0.5, 0.6) is 0 Å². The van der Waals surface area contributed by atoms with Crippen molar-refractivity contribution in [1.82, 2.24) is 4.98 Å². The first-order valence-electron chi connectivity index (χ1n) is 10.2. The molecule has 152 valence electrons. The third kappa shape index (κ3) is 3.97. The molecule has 1 saturated heterocycles. The van der Waals surface area contributed by atoms with E-state index in [-0.39, 0.29) is 17.6 Å². The first-order valence-corrected chi connectivity index (χ1v) is 10.2. The molecule has 0 unspecified atom stereocenters. The largest absolute Gasteiger partial charge is 0.370 e. The number of carbonyl (C=O) groups is 1. The number of amides is 1. The van der Waals surface area contributed by atoms with Crippen molar-refractivity contribution in [3.05, 3.63) is 65.6 Å². The zero-order chi connectivity index (χ0) is 21.1. The van der Waals surface area contributed by atoms with Gasteiger partial charge in [0, 0.05) is 36.3 Å². The summed E-state index contributed by atoms with van der Waals surface area (Å²) < 4.78 is 13.4. The Labute approximate surface area is 175 Å². The second-order valence-electron chi connectivity index (χ2n) is 7.60. The highest BCUT2D eigenvalue weighted by atomic mass is 19.1. The van der Waals surface area contributed by atoms with E-state index in [1.165, 1.54) is 17.7 Å². The van der Waals surface area contributed by atoms with Crippen LogP contribution in [0, 0.1) is 23.1 Å². The molecule has 0 bridgehead atoms. The third-order valence-corrected chi connectivity index (χ3v) is 5.71. The lowest BCUT2D eigenvalue weighted by atomic mass is 9.94. The van der Waals surface area contributed by atoms with Crippen LogP contribution in [0.1, 0.15) is 30.9 Å². The van der Waals surface area contributed by atoms with Gasteiger partial charge >= 0.3 is 0 Å². The number of piperidine rings is 1. The molecule has 2 heterocycles. The number of benzene rings is 2. The summed E-state index contributed by atoms with van der Waals surface area (Å²) in [6, 6.07) is 14.4. The maximum absolute atomic E-state index is 13.4. The Morgan fingerprint density at radius 1 is 1.27 bits per heavy atom. The van der Waals surface area contributed by atoms with Gasteiger partial charge in [0.1, 0.15) is 11.9 Å². The van der Waals surface area contributed by atoms with Crippen molar-refractivity contribution < 1.29 is 9.18 Å². The number of fused-ring (bicyclic) bond motifs is 1. The SMILES string of the molecule is CCc1ccc2ncc(C#N)c(N3CCC(C(=O)Nc4cccc(F)c4)CC3)c2c1. The summed E-state index contributed by atoms with van der Waals surface area (Å²) in [5, 5.41) is 13.4. The fourth-order valence-corrected chi connectivity index (χ4v) is 4.04. The van der Waals surface area contributed by atoms with E-state index in [1.807, 2.05) is 6.07 Å². The molecule has 4 rings (SSSR count). The quantitative estimate of drug-likeness (QED) is 0.689. The minimum absolute atomic E-state index is 0.0892. The molecule has 1 fully saturated rings. The number of nitriles is 1. The molecule has 0 radical (unpaired) electrons. The lowest BCUT2D eigenvalue weighted by Crippen LogP contribution is -2.38. The van der Waals surface area contributed by atoms with Crippen molar-refractivity contribution in [1.29, 1.82) is 5.26 Å². The van der Waals surface area contributed by atoms with Crippen LogP contribution in [-0.2, 0) is 11.2 Å². The van der Waals surface area contributed by atoms with E-state index >= 15 is 0 Å². The number of hydrogen-bond donors (Lipinski definition) is 1. The van der Waals surface area contributed by atoms with Crippen LogP contribution in [0.2, 0.25) is 0 Å². The van der Waals surface area contributed by atoms with Gasteiger partial charge in [-0.25, -0.2) is 4.39 Å². The van der Waals surface area contributed by atoms with Gasteiger partial charge in [-0.2, -0.15) is 5.26 Å². The highest BCUT2D eigenvalue weighted by Crippen LogP contribution is 2.33. The van der Waals surface area contributed by atoms with Gasteiger partial charge in [-0.15, -0.1) is 0 Å². The smallest absolute Gasteiger partial charge is 0.227 e. The van der Waals surface area contributed by atoms with Crippen molar-refractivity contribution in [3.8, 4) is 6.07 Å². The number of aryl methyl sites for hydroxylation is 1. The molecule has 1 aromatic heterocycles. The molecule has 0 spiro atoms. The monoisotopic (exact) mass is 402 g/mol. The fourth-order valence-electron chi connectivity index (χ4n) is 4.04. The van der Waals surface area contributed by atoms with E-state index in [0.29, 0.717) is 37.2 Å². The zero-order valence-corrected chi connectivity index (χ0v) is 16.9. The standard InChI is InChI=1S/C24H23FN4O/c1-2-16-6-7-22-21(12-16)23(18(14-26)15-27-22)29-10-8-17(9-11-29)24(30)28-20-5-3-4-19(25)13-20/h3-7,12-13,15,17H,2,8-11H2,1H3,(H,28,30). The molecule has 1 N–H and O–H groups in total. The molecule has 0 atom stereocenters. The summed E-state index contributed by atoms with van der Waals surface area (Å²) in [5.41, 5.74) is 4.00. The second-order valence-corrected chi connectivity index (χ2v) is 7.60. The van der Waals surface area contributed by atoms with Crippen molar-refractivity contribution >= 4 is 28.2 Å². The molecule has 3 aromatic rings. The van der Waals surface area contributed by atoms with Gasteiger partial charge in [-0.1, -0.05) is 19.1 Å². The lowest BCUT2D eigenvalue weighted by molar-refractivity contribution is -0.120. The van der Waals surface area contributed by atoms with Crippen LogP contribution in [0.25, 0.3) is 10.9 Å². The molecular weight excluding hydrogens is 379 g/mol. The number of carbonyl (C=O) groups excluding carboxylic acids is 1. The van der Waals surface area contributed by atoms with E-state index in [1.54, 1.807) is 18.3 Å². The minimum atomic E-state index is -0.373. The molecule has 1 amide bonds. The van der Waals surface area contributed by atoms with Crippen LogP contribution in [0.4, 0.5) is 15.8 Å². The summed E-state index contributed by atoms with van der Waals surface area (Å²) in [6.45, 7) is 3.45. The van der Waals surface area contributed by atoms with E-state index in [0.717, 1.165) is 23.0 Å². The lowest BCUT2D eigenvalue weighted by Gasteiger charge is -2.34. The first-order chi connectivity index (χ1) is 14.6. The highest BCUT2D eigenvalue weighted by Gasteiger charge is 2.27. The summed E-state index contributed by atoms with van der Waals surface area (Å²) >= 11 is 0. The molecule has 1 aliphatic rings. The van der Waals surface area contributed by atoms with E-state index in [9.17, 15) is 14.4 Å². The highest BCUT2D eigenvalue weighted by molar-refractivity contribution is 5.96. The fraction of sp³-hybridized carbons (Fsp3) is 0.292. The Balaban J connectivity index is 1.53. The molecule has 30 heavy (non-hydrogen) atoms. The Bertz CT molecular complexity index is 1130. The van der Waals surface area contributed by atoms with Crippen molar-refractivity contribution in [3.63, 3.8) is 0 Å². The summed E-state index contributed by atoms with van der Waals surface area (Å²) in [4.78, 5) is 19.3. The summed E-state index contributed by atoms with van der Waals surface area (Å²) in [6.07, 6.45) is 3.88. The molecule has 5 nitrogen and oxygen atoms in total. The predicted molar refractivity (Wildman–Crippen MR) is 116 cm³/mol. The number of anilines is 2. The van der Waals surface area contributed by atoms with E-state index in [2.05, 4.69) is 40.3 Å². The van der Waals surface area contributed by atoms with Gasteiger partial charge in [0.05, 0.1) is 16.8 Å². The van der Waals surface area contributed by atoms with E-state index in [4.69, 9.17) is 0 Å². The normalized spacial score (nSPS) is 14.5. The van der Waals surface area contributed by atoms with Crippen LogP contribution < -0.4 is 10.2 Å². The number of rotatable bonds is 4. The number of halogens is 1. The van der Waals surface area contributed by atoms with Crippen molar-refractivity contribution in [2.75, 3.05) is 23.3 Å². The maximum Gasteiger partial charge on any atom is 0.227 e. The second kappa shape index (κ2) is 8.50. The van der Waals surface area contributed by atoms with Crippen LogP contribution in [0.3, 0.4) is 0 Å². The van der Waals surface area contributed by atoms with Gasteiger partial charge in [0.15, 0.2) is 0 Å². The zero-order valence-electron chi connectivity index (χ0n) is 16.9. The molecule has 2 aromatic carbocycles. The maximum atomic E-state index is 13.4. The van der Waals surface area contributed by atoms with Crippen molar-refractivity contribution in [2.24, 2.45) is 5.92 Å². The predicted octanol–water partition coefficient (Wildman–Crippen LogP) is 4.66.